The number of hydrogen-bond acceptors (Lipinski definition) is 0. The van der Waals surface area contributed by atoms with Crippen LogP contribution in [0.1, 0.15) is 127 Å². The van der Waals surface area contributed by atoms with Crippen molar-refractivity contribution < 1.29 is 17.6 Å². The second-order valence-electron chi connectivity index (χ2n) is 11.4. The van der Waals surface area contributed by atoms with Crippen molar-refractivity contribution in [3.05, 3.63) is 35.1 Å². The number of alkyl halides is 3. The summed E-state index contributed by atoms with van der Waals surface area (Å²) in [4.78, 5) is 0. The first-order valence-electron chi connectivity index (χ1n) is 14.2. The van der Waals surface area contributed by atoms with Gasteiger partial charge in [0.25, 0.3) is 0 Å². The number of rotatable bonds is 12. The van der Waals surface area contributed by atoms with E-state index in [1.807, 2.05) is 0 Å². The Kier molecular flexibility index (Phi) is 11.2. The van der Waals surface area contributed by atoms with Crippen LogP contribution in [0, 0.1) is 29.5 Å². The lowest BCUT2D eigenvalue weighted by Gasteiger charge is -2.32. The van der Waals surface area contributed by atoms with E-state index in [1.54, 1.807) is 0 Å². The van der Waals surface area contributed by atoms with E-state index in [-0.39, 0.29) is 0 Å². The molecule has 1 aromatic rings. The van der Waals surface area contributed by atoms with Gasteiger partial charge in [-0.3, -0.25) is 0 Å². The Morgan fingerprint density at radius 3 is 1.68 bits per heavy atom. The van der Waals surface area contributed by atoms with E-state index >= 15 is 0 Å². The van der Waals surface area contributed by atoms with Gasteiger partial charge in [0.05, 0.1) is 5.56 Å². The maximum atomic E-state index is 13.8. The van der Waals surface area contributed by atoms with Crippen molar-refractivity contribution in [2.75, 3.05) is 0 Å². The van der Waals surface area contributed by atoms with Gasteiger partial charge in [-0.1, -0.05) is 116 Å². The van der Waals surface area contributed by atoms with E-state index in [2.05, 4.69) is 6.92 Å². The van der Waals surface area contributed by atoms with Gasteiger partial charge in [0.2, 0.25) is 0 Å². The van der Waals surface area contributed by atoms with Crippen molar-refractivity contribution in [3.63, 3.8) is 0 Å². The van der Waals surface area contributed by atoms with Crippen molar-refractivity contribution in [2.45, 2.75) is 129 Å². The van der Waals surface area contributed by atoms with Crippen LogP contribution >= 0.6 is 0 Å². The first-order valence-corrected chi connectivity index (χ1v) is 14.2. The van der Waals surface area contributed by atoms with Crippen LogP contribution in [0.25, 0.3) is 0 Å². The Hall–Kier alpha value is -1.06. The lowest BCUT2D eigenvalue weighted by molar-refractivity contribution is -0.140. The second-order valence-corrected chi connectivity index (χ2v) is 11.4. The van der Waals surface area contributed by atoms with E-state index in [1.165, 1.54) is 109 Å². The van der Waals surface area contributed by atoms with Gasteiger partial charge in [-0.15, -0.1) is 0 Å². The molecule has 0 unspecified atom stereocenters. The molecule has 2 saturated carbocycles. The number of benzene rings is 1. The molecule has 0 N–H and O–H groups in total. The predicted molar refractivity (Wildman–Crippen MR) is 133 cm³/mol. The van der Waals surface area contributed by atoms with E-state index in [0.29, 0.717) is 17.9 Å². The van der Waals surface area contributed by atoms with Gasteiger partial charge >= 0.3 is 6.18 Å². The van der Waals surface area contributed by atoms with Crippen molar-refractivity contribution in [1.29, 1.82) is 0 Å². The van der Waals surface area contributed by atoms with E-state index in [4.69, 9.17) is 0 Å². The zero-order valence-corrected chi connectivity index (χ0v) is 21.3. The smallest absolute Gasteiger partial charge is 0.206 e. The standard InChI is InChI=1S/C30H46F4/c1-2-3-4-5-6-7-23-8-10-24(11-9-23)12-13-25-14-16-26(17-15-25)18-19-27-20-21-28(29(31)22-27)30(32,33)34/h20-26H,2-19H2,1H3. The monoisotopic (exact) mass is 482 g/mol. The number of halogens is 4. The highest BCUT2D eigenvalue weighted by Gasteiger charge is 2.34. The molecule has 0 aromatic heterocycles. The normalized spacial score (nSPS) is 26.0. The molecule has 3 rings (SSSR count). The Morgan fingerprint density at radius 1 is 0.676 bits per heavy atom. The lowest BCUT2D eigenvalue weighted by atomic mass is 9.74. The van der Waals surface area contributed by atoms with Crippen LogP contribution in [0.5, 0.6) is 0 Å². The Labute approximate surface area is 205 Å². The van der Waals surface area contributed by atoms with Crippen molar-refractivity contribution >= 4 is 0 Å². The minimum atomic E-state index is -4.62. The van der Waals surface area contributed by atoms with Gasteiger partial charge < -0.3 is 0 Å². The van der Waals surface area contributed by atoms with Crippen LogP contribution in [0.3, 0.4) is 0 Å². The van der Waals surface area contributed by atoms with E-state index < -0.39 is 17.6 Å². The fraction of sp³-hybridized carbons (Fsp3) is 0.800. The third-order valence-electron chi connectivity index (χ3n) is 8.81. The summed E-state index contributed by atoms with van der Waals surface area (Å²) >= 11 is 0. The topological polar surface area (TPSA) is 0 Å². The first-order chi connectivity index (χ1) is 16.3. The average Bonchev–Trinajstić information content (AvgIpc) is 2.82. The molecule has 0 spiro atoms. The minimum absolute atomic E-state index is 0.634. The molecule has 0 atom stereocenters. The molecule has 2 aliphatic carbocycles. The summed E-state index contributed by atoms with van der Waals surface area (Å²) in [7, 11) is 0. The molecule has 0 aliphatic heterocycles. The molecule has 0 nitrogen and oxygen atoms in total. The van der Waals surface area contributed by atoms with Gasteiger partial charge in [0.15, 0.2) is 0 Å². The van der Waals surface area contributed by atoms with Crippen molar-refractivity contribution in [3.8, 4) is 0 Å². The van der Waals surface area contributed by atoms with Gasteiger partial charge in [0.1, 0.15) is 5.82 Å². The molecule has 0 amide bonds. The maximum absolute atomic E-state index is 13.8. The van der Waals surface area contributed by atoms with Crippen LogP contribution in [0.4, 0.5) is 17.6 Å². The molecule has 4 heteroatoms. The van der Waals surface area contributed by atoms with Crippen molar-refractivity contribution in [1.82, 2.24) is 0 Å². The third kappa shape index (κ3) is 9.19. The molecule has 0 heterocycles. The number of unbranched alkanes of at least 4 members (excludes halogenated alkanes) is 4. The lowest BCUT2D eigenvalue weighted by Crippen LogP contribution is -2.18. The summed E-state index contributed by atoms with van der Waals surface area (Å²) in [6.45, 7) is 2.28. The summed E-state index contributed by atoms with van der Waals surface area (Å²) in [6, 6.07) is 3.41. The molecule has 2 fully saturated rings. The summed E-state index contributed by atoms with van der Waals surface area (Å²) in [5, 5.41) is 0. The van der Waals surface area contributed by atoms with Crippen LogP contribution in [0.15, 0.2) is 18.2 Å². The van der Waals surface area contributed by atoms with Gasteiger partial charge in [0, 0.05) is 0 Å². The Balaban J connectivity index is 1.26. The average molecular weight is 483 g/mol. The largest absolute Gasteiger partial charge is 0.419 e. The van der Waals surface area contributed by atoms with E-state index in [0.717, 1.165) is 36.3 Å². The highest BCUT2D eigenvalue weighted by Crippen LogP contribution is 2.39. The van der Waals surface area contributed by atoms with Gasteiger partial charge in [-0.2, -0.15) is 13.2 Å². The Bertz CT molecular complexity index is 694. The predicted octanol–water partition coefficient (Wildman–Crippen LogP) is 10.5. The minimum Gasteiger partial charge on any atom is -0.206 e. The van der Waals surface area contributed by atoms with E-state index in [9.17, 15) is 17.6 Å². The van der Waals surface area contributed by atoms with Crippen LogP contribution in [0.2, 0.25) is 0 Å². The molecular weight excluding hydrogens is 436 g/mol. The molecule has 0 saturated heterocycles. The van der Waals surface area contributed by atoms with Gasteiger partial charge in [-0.05, 0) is 54.2 Å². The number of hydrogen-bond donors (Lipinski definition) is 0. The summed E-state index contributed by atoms with van der Waals surface area (Å²) in [5.41, 5.74) is -0.475. The van der Waals surface area contributed by atoms with Crippen LogP contribution < -0.4 is 0 Å². The third-order valence-corrected chi connectivity index (χ3v) is 8.81. The highest BCUT2D eigenvalue weighted by atomic mass is 19.4. The fourth-order valence-corrected chi connectivity index (χ4v) is 6.44. The molecule has 194 valence electrons. The molecule has 1 aromatic carbocycles. The fourth-order valence-electron chi connectivity index (χ4n) is 6.44. The zero-order valence-electron chi connectivity index (χ0n) is 21.3. The highest BCUT2D eigenvalue weighted by molar-refractivity contribution is 5.26. The SMILES string of the molecule is CCCCCCCC1CCC(CCC2CCC(CCc3ccc(C(F)(F)F)c(F)c3)CC2)CC1. The van der Waals surface area contributed by atoms with Crippen LogP contribution in [-0.2, 0) is 12.6 Å². The maximum Gasteiger partial charge on any atom is 0.419 e. The summed E-state index contributed by atoms with van der Waals surface area (Å²) in [5.74, 6) is 2.29. The summed E-state index contributed by atoms with van der Waals surface area (Å²) in [6.07, 6.45) is 19.1. The Morgan fingerprint density at radius 2 is 1.18 bits per heavy atom. The molecular formula is C30H46F4. The van der Waals surface area contributed by atoms with Crippen molar-refractivity contribution in [2.24, 2.45) is 23.7 Å². The zero-order chi connectivity index (χ0) is 24.4. The molecule has 2 aliphatic rings. The van der Waals surface area contributed by atoms with Crippen LogP contribution in [-0.4, -0.2) is 0 Å². The quantitative estimate of drug-likeness (QED) is 0.205. The molecule has 34 heavy (non-hydrogen) atoms. The first kappa shape index (κ1) is 27.5. The number of aryl methyl sites for hydroxylation is 1. The summed E-state index contributed by atoms with van der Waals surface area (Å²) < 4.78 is 52.0. The van der Waals surface area contributed by atoms with Gasteiger partial charge in [-0.25, -0.2) is 4.39 Å². The molecule has 0 bridgehead atoms. The molecule has 0 radical (unpaired) electrons. The second kappa shape index (κ2) is 13.9.